The van der Waals surface area contributed by atoms with Gasteiger partial charge in [-0.1, -0.05) is 156 Å². The van der Waals surface area contributed by atoms with Crippen LogP contribution in [-0.4, -0.2) is 11.9 Å². The minimum atomic E-state index is -0.542. The van der Waals surface area contributed by atoms with Crippen LogP contribution in [0.15, 0.2) is 97.1 Å². The van der Waals surface area contributed by atoms with Gasteiger partial charge in [-0.3, -0.25) is 0 Å². The number of carbonyl (C=O) groups is 2. The summed E-state index contributed by atoms with van der Waals surface area (Å²) in [4.78, 5) is 27.7. The highest BCUT2D eigenvalue weighted by molar-refractivity contribution is 6.00. The topological polar surface area (TPSA) is 52.6 Å². The molecule has 0 heterocycles. The van der Waals surface area contributed by atoms with Gasteiger partial charge in [0.1, 0.15) is 0 Å². The lowest BCUT2D eigenvalue weighted by Gasteiger charge is -2.22. The first-order valence-corrected chi connectivity index (χ1v) is 16.8. The van der Waals surface area contributed by atoms with E-state index in [1.54, 1.807) is 24.3 Å². The predicted molar refractivity (Wildman–Crippen MR) is 198 cm³/mol. The van der Waals surface area contributed by atoms with Crippen molar-refractivity contribution < 1.29 is 19.1 Å². The average Bonchev–Trinajstić information content (AvgIpc) is 3.01. The van der Waals surface area contributed by atoms with Crippen molar-refractivity contribution in [1.29, 1.82) is 0 Å². The molecule has 0 saturated carbocycles. The molecule has 0 amide bonds. The first kappa shape index (κ1) is 36.4. The minimum absolute atomic E-state index is 0.0615. The van der Waals surface area contributed by atoms with Gasteiger partial charge in [0.25, 0.3) is 0 Å². The van der Waals surface area contributed by atoms with Crippen molar-refractivity contribution in [1.82, 2.24) is 0 Å². The van der Waals surface area contributed by atoms with Gasteiger partial charge in [-0.25, -0.2) is 9.59 Å². The van der Waals surface area contributed by atoms with Gasteiger partial charge in [-0.15, -0.1) is 0 Å². The van der Waals surface area contributed by atoms with Crippen LogP contribution in [0.5, 0.6) is 0 Å². The minimum Gasteiger partial charge on any atom is -0.418 e. The van der Waals surface area contributed by atoms with Crippen LogP contribution >= 0.6 is 0 Å². The summed E-state index contributed by atoms with van der Waals surface area (Å²) in [6.07, 6.45) is 0. The Morgan fingerprint density at radius 2 is 0.521 bits per heavy atom. The normalized spacial score (nSPS) is 13.1. The maximum atomic E-state index is 13.8. The molecule has 0 fully saturated rings. The molecular weight excluding hydrogens is 592 g/mol. The fraction of sp³-hybridized carbons (Fsp3) is 0.364. The van der Waals surface area contributed by atoms with E-state index in [-0.39, 0.29) is 33.2 Å². The van der Waals surface area contributed by atoms with Crippen LogP contribution in [0.25, 0.3) is 11.5 Å². The molecule has 0 saturated heterocycles. The van der Waals surface area contributed by atoms with E-state index < -0.39 is 11.9 Å². The number of carbonyl (C=O) groups excluding carboxylic acids is 2. The molecule has 4 nitrogen and oxygen atoms in total. The molecule has 0 aliphatic heterocycles. The van der Waals surface area contributed by atoms with Crippen molar-refractivity contribution in [3.8, 4) is 0 Å². The molecule has 0 atom stereocenters. The van der Waals surface area contributed by atoms with Gasteiger partial charge in [0.2, 0.25) is 0 Å². The maximum Gasteiger partial charge on any atom is 0.343 e. The van der Waals surface area contributed by atoms with Gasteiger partial charge in [0.05, 0.1) is 11.1 Å². The van der Waals surface area contributed by atoms with Gasteiger partial charge in [-0.05, 0) is 68.2 Å². The summed E-state index contributed by atoms with van der Waals surface area (Å²) in [6.45, 7) is 25.7. The summed E-state index contributed by atoms with van der Waals surface area (Å²) in [5.41, 5.74) is 6.23. The van der Waals surface area contributed by atoms with Gasteiger partial charge in [-0.2, -0.15) is 0 Å². The van der Waals surface area contributed by atoms with Crippen molar-refractivity contribution in [3.05, 3.63) is 142 Å². The highest BCUT2D eigenvalue weighted by atomic mass is 16.6. The number of esters is 2. The third-order valence-corrected chi connectivity index (χ3v) is 8.60. The molecular formula is C44H52O4. The van der Waals surface area contributed by atoms with Gasteiger partial charge < -0.3 is 9.47 Å². The molecule has 4 aromatic carbocycles. The van der Waals surface area contributed by atoms with Crippen molar-refractivity contribution in [2.45, 2.75) is 105 Å². The van der Waals surface area contributed by atoms with Crippen molar-refractivity contribution >= 4 is 23.5 Å². The van der Waals surface area contributed by atoms with Crippen LogP contribution in [0.3, 0.4) is 0 Å². The monoisotopic (exact) mass is 644 g/mol. The predicted octanol–water partition coefficient (Wildman–Crippen LogP) is 11.4. The molecule has 0 aliphatic rings. The van der Waals surface area contributed by atoms with Crippen LogP contribution < -0.4 is 0 Å². The second-order valence-corrected chi connectivity index (χ2v) is 16.7. The van der Waals surface area contributed by atoms with E-state index in [9.17, 15) is 9.59 Å². The first-order valence-electron chi connectivity index (χ1n) is 16.8. The van der Waals surface area contributed by atoms with Crippen molar-refractivity contribution in [3.63, 3.8) is 0 Å². The summed E-state index contributed by atoms with van der Waals surface area (Å²) >= 11 is 0. The molecule has 4 heteroatoms. The van der Waals surface area contributed by atoms with Gasteiger partial charge in [0, 0.05) is 11.1 Å². The summed E-state index contributed by atoms with van der Waals surface area (Å²) in [5, 5.41) is 0. The first-order chi connectivity index (χ1) is 22.1. The highest BCUT2D eigenvalue weighted by Gasteiger charge is 2.25. The van der Waals surface area contributed by atoms with Crippen LogP contribution in [0, 0.1) is 0 Å². The largest absolute Gasteiger partial charge is 0.418 e. The van der Waals surface area contributed by atoms with Crippen LogP contribution in [0.4, 0.5) is 0 Å². The molecule has 0 spiro atoms. The third-order valence-electron chi connectivity index (χ3n) is 8.60. The maximum absolute atomic E-state index is 13.8. The summed E-state index contributed by atoms with van der Waals surface area (Å²) < 4.78 is 12.5. The molecule has 0 N–H and O–H groups in total. The number of rotatable bonds is 6. The molecule has 252 valence electrons. The van der Waals surface area contributed by atoms with E-state index in [4.69, 9.17) is 9.47 Å². The Morgan fingerprint density at radius 1 is 0.333 bits per heavy atom. The fourth-order valence-electron chi connectivity index (χ4n) is 5.23. The Kier molecular flexibility index (Phi) is 10.3. The summed E-state index contributed by atoms with van der Waals surface area (Å²) in [5.74, 6) is -0.744. The van der Waals surface area contributed by atoms with Crippen LogP contribution in [0.1, 0.15) is 137 Å². The van der Waals surface area contributed by atoms with Crippen LogP contribution in [-0.2, 0) is 31.1 Å². The van der Waals surface area contributed by atoms with Crippen molar-refractivity contribution in [2.24, 2.45) is 0 Å². The van der Waals surface area contributed by atoms with E-state index >= 15 is 0 Å². The lowest BCUT2D eigenvalue weighted by molar-refractivity contribution is 0.0646. The van der Waals surface area contributed by atoms with Crippen LogP contribution in [0.2, 0.25) is 0 Å². The summed E-state index contributed by atoms with van der Waals surface area (Å²) in [7, 11) is 0. The molecule has 0 aromatic heterocycles. The average molecular weight is 645 g/mol. The SMILES string of the molecule is CC(C)(C)c1ccc(C(=O)O/C(=C(/OC(=O)c2ccc(C(C)(C)C)cc2)c2ccc(C(C)(C)C)cc2)c2ccc(C(C)(C)C)cc2)cc1. The lowest BCUT2D eigenvalue weighted by atomic mass is 9.86. The zero-order chi connectivity index (χ0) is 35.7. The smallest absolute Gasteiger partial charge is 0.343 e. The Morgan fingerprint density at radius 3 is 0.708 bits per heavy atom. The third kappa shape index (κ3) is 8.92. The zero-order valence-electron chi connectivity index (χ0n) is 30.9. The lowest BCUT2D eigenvalue weighted by Crippen LogP contribution is -2.14. The zero-order valence-corrected chi connectivity index (χ0v) is 30.9. The Labute approximate surface area is 288 Å². The standard InChI is InChI=1S/C44H52O4/c1-41(2,3)33-21-13-29(14-22-33)37(47-39(45)31-17-25-35(26-18-31)43(7,8)9)38(30-15-23-34(24-16-30)42(4,5)6)48-40(46)32-19-27-36(28-20-32)44(10,11)12/h13-28H,1-12H3/b38-37+. The van der Waals surface area contributed by atoms with E-state index in [1.807, 2.05) is 72.8 Å². The Hall–Kier alpha value is -4.44. The van der Waals surface area contributed by atoms with Crippen molar-refractivity contribution in [2.75, 3.05) is 0 Å². The number of hydrogen-bond acceptors (Lipinski definition) is 4. The molecule has 4 rings (SSSR count). The highest BCUT2D eigenvalue weighted by Crippen LogP contribution is 2.34. The van der Waals surface area contributed by atoms with E-state index in [0.29, 0.717) is 22.3 Å². The van der Waals surface area contributed by atoms with E-state index in [1.165, 1.54) is 0 Å². The van der Waals surface area contributed by atoms with Gasteiger partial charge >= 0.3 is 11.9 Å². The second-order valence-electron chi connectivity index (χ2n) is 16.7. The Balaban J connectivity index is 1.89. The Bertz CT molecular complexity index is 1630. The molecule has 4 aromatic rings. The van der Waals surface area contributed by atoms with E-state index in [0.717, 1.165) is 22.3 Å². The molecule has 0 unspecified atom stereocenters. The fourth-order valence-corrected chi connectivity index (χ4v) is 5.23. The summed E-state index contributed by atoms with van der Waals surface area (Å²) in [6, 6.07) is 30.7. The second kappa shape index (κ2) is 13.6. The molecule has 0 radical (unpaired) electrons. The number of benzene rings is 4. The quantitative estimate of drug-likeness (QED) is 0.119. The van der Waals surface area contributed by atoms with Gasteiger partial charge in [0.15, 0.2) is 11.5 Å². The molecule has 48 heavy (non-hydrogen) atoms. The molecule has 0 bridgehead atoms. The molecule has 0 aliphatic carbocycles. The number of hydrogen-bond donors (Lipinski definition) is 0. The number of ether oxygens (including phenoxy) is 2. The van der Waals surface area contributed by atoms with E-state index in [2.05, 4.69) is 83.1 Å².